The zero-order valence-electron chi connectivity index (χ0n) is 9.65. The summed E-state index contributed by atoms with van der Waals surface area (Å²) < 4.78 is 25.6. The van der Waals surface area contributed by atoms with Gasteiger partial charge in [0.25, 0.3) is 5.91 Å². The molecule has 0 spiro atoms. The van der Waals surface area contributed by atoms with Gasteiger partial charge in [0, 0.05) is 5.56 Å². The van der Waals surface area contributed by atoms with Crippen LogP contribution in [-0.2, 0) is 0 Å². The van der Waals surface area contributed by atoms with Crippen molar-refractivity contribution in [3.63, 3.8) is 0 Å². The molecule has 98 valence electrons. The van der Waals surface area contributed by atoms with Crippen molar-refractivity contribution in [1.29, 1.82) is 0 Å². The van der Waals surface area contributed by atoms with Crippen LogP contribution in [0.5, 0.6) is 0 Å². The second-order valence-electron chi connectivity index (χ2n) is 3.59. The fourth-order valence-electron chi connectivity index (χ4n) is 1.33. The number of halogens is 2. The molecular weight excluding hydrogens is 244 g/mol. The van der Waals surface area contributed by atoms with Crippen molar-refractivity contribution in [2.75, 3.05) is 0 Å². The Kier molecular flexibility index (Phi) is 4.59. The van der Waals surface area contributed by atoms with Crippen LogP contribution in [0, 0.1) is 11.6 Å². The first-order chi connectivity index (χ1) is 8.49. The summed E-state index contributed by atoms with van der Waals surface area (Å²) in [6.45, 7) is 1.72. The summed E-state index contributed by atoms with van der Waals surface area (Å²) in [7, 11) is 0. The van der Waals surface area contributed by atoms with Crippen LogP contribution < -0.4 is 11.1 Å². The summed E-state index contributed by atoms with van der Waals surface area (Å²) in [6.07, 6.45) is 0.394. The molecule has 0 aliphatic heterocycles. The summed E-state index contributed by atoms with van der Waals surface area (Å²) in [5.41, 5.74) is 5.32. The van der Waals surface area contributed by atoms with Crippen molar-refractivity contribution in [3.05, 3.63) is 35.4 Å². The van der Waals surface area contributed by atoms with Gasteiger partial charge in [-0.3, -0.25) is 4.79 Å². The first kappa shape index (κ1) is 13.9. The maximum absolute atomic E-state index is 12.9. The lowest BCUT2D eigenvalue weighted by Gasteiger charge is -2.15. The van der Waals surface area contributed by atoms with E-state index in [2.05, 4.69) is 10.5 Å². The smallest absolute Gasteiger partial charge is 0.251 e. The zero-order valence-corrected chi connectivity index (χ0v) is 9.65. The SMILES string of the molecule is CCC(NC(=O)c1ccc(F)c(F)c1)/C(N)=N/O. The molecule has 0 bridgehead atoms. The van der Waals surface area contributed by atoms with Crippen molar-refractivity contribution in [3.8, 4) is 0 Å². The first-order valence-corrected chi connectivity index (χ1v) is 5.23. The van der Waals surface area contributed by atoms with Gasteiger partial charge in [0.05, 0.1) is 6.04 Å². The summed E-state index contributed by atoms with van der Waals surface area (Å²) in [5, 5.41) is 13.7. The van der Waals surface area contributed by atoms with E-state index in [0.717, 1.165) is 18.2 Å². The highest BCUT2D eigenvalue weighted by Crippen LogP contribution is 2.09. The van der Waals surface area contributed by atoms with E-state index in [4.69, 9.17) is 10.9 Å². The van der Waals surface area contributed by atoms with Crippen LogP contribution in [0.1, 0.15) is 23.7 Å². The lowest BCUT2D eigenvalue weighted by Crippen LogP contribution is -2.44. The number of carbonyl (C=O) groups is 1. The fourth-order valence-corrected chi connectivity index (χ4v) is 1.33. The average Bonchev–Trinajstić information content (AvgIpc) is 2.37. The van der Waals surface area contributed by atoms with Crippen LogP contribution in [0.2, 0.25) is 0 Å². The third-order valence-electron chi connectivity index (χ3n) is 2.37. The van der Waals surface area contributed by atoms with E-state index in [1.165, 1.54) is 0 Å². The molecule has 4 N–H and O–H groups in total. The average molecular weight is 257 g/mol. The summed E-state index contributed by atoms with van der Waals surface area (Å²) in [6, 6.07) is 2.11. The van der Waals surface area contributed by atoms with E-state index >= 15 is 0 Å². The number of benzene rings is 1. The number of amides is 1. The normalized spacial score (nSPS) is 13.2. The molecule has 0 radical (unpaired) electrons. The molecule has 0 aliphatic carbocycles. The molecule has 18 heavy (non-hydrogen) atoms. The van der Waals surface area contributed by atoms with Crippen LogP contribution >= 0.6 is 0 Å². The Hall–Kier alpha value is -2.18. The molecule has 0 aromatic heterocycles. The number of hydrogen-bond acceptors (Lipinski definition) is 3. The highest BCUT2D eigenvalue weighted by molar-refractivity contribution is 5.98. The van der Waals surface area contributed by atoms with Crippen LogP contribution in [0.3, 0.4) is 0 Å². The minimum atomic E-state index is -1.11. The monoisotopic (exact) mass is 257 g/mol. The Labute approximate surface area is 102 Å². The molecule has 0 fully saturated rings. The van der Waals surface area contributed by atoms with Gasteiger partial charge < -0.3 is 16.3 Å². The molecule has 0 saturated carbocycles. The maximum atomic E-state index is 12.9. The van der Waals surface area contributed by atoms with E-state index in [1.54, 1.807) is 6.92 Å². The number of hydrogen-bond donors (Lipinski definition) is 3. The van der Waals surface area contributed by atoms with E-state index in [1.807, 2.05) is 0 Å². The van der Waals surface area contributed by atoms with Gasteiger partial charge >= 0.3 is 0 Å². The standard InChI is InChI=1S/C11H13F2N3O2/c1-2-9(10(14)16-18)15-11(17)6-3-4-7(12)8(13)5-6/h3-5,9,18H,2H2,1H3,(H2,14,16)(H,15,17). The molecule has 0 heterocycles. The van der Waals surface area contributed by atoms with Crippen molar-refractivity contribution in [1.82, 2.24) is 5.32 Å². The third-order valence-corrected chi connectivity index (χ3v) is 2.37. The first-order valence-electron chi connectivity index (χ1n) is 5.23. The zero-order chi connectivity index (χ0) is 13.7. The number of nitrogens with one attached hydrogen (secondary N) is 1. The Morgan fingerprint density at radius 2 is 2.17 bits per heavy atom. The number of carbonyl (C=O) groups excluding carboxylic acids is 1. The van der Waals surface area contributed by atoms with Gasteiger partial charge in [-0.15, -0.1) is 0 Å². The minimum Gasteiger partial charge on any atom is -0.409 e. The second kappa shape index (κ2) is 5.95. The number of nitrogens with zero attached hydrogens (tertiary/aromatic N) is 1. The van der Waals surface area contributed by atoms with Crippen molar-refractivity contribution < 1.29 is 18.8 Å². The van der Waals surface area contributed by atoms with Gasteiger partial charge in [-0.1, -0.05) is 12.1 Å². The molecule has 1 atom stereocenters. The summed E-state index contributed by atoms with van der Waals surface area (Å²) in [5.74, 6) is -2.93. The van der Waals surface area contributed by atoms with Gasteiger partial charge in [-0.05, 0) is 24.6 Å². The Bertz CT molecular complexity index is 477. The molecule has 1 rings (SSSR count). The van der Waals surface area contributed by atoms with Gasteiger partial charge in [0.2, 0.25) is 0 Å². The Balaban J connectivity index is 2.84. The predicted molar refractivity (Wildman–Crippen MR) is 61.3 cm³/mol. The largest absolute Gasteiger partial charge is 0.409 e. The molecule has 7 heteroatoms. The lowest BCUT2D eigenvalue weighted by atomic mass is 10.1. The van der Waals surface area contributed by atoms with Gasteiger partial charge in [0.1, 0.15) is 0 Å². The third kappa shape index (κ3) is 3.16. The molecule has 1 unspecified atom stereocenters. The van der Waals surface area contributed by atoms with Crippen LogP contribution in [0.4, 0.5) is 8.78 Å². The fraction of sp³-hybridized carbons (Fsp3) is 0.273. The Morgan fingerprint density at radius 1 is 1.50 bits per heavy atom. The van der Waals surface area contributed by atoms with Gasteiger partial charge in [-0.2, -0.15) is 0 Å². The highest BCUT2D eigenvalue weighted by atomic mass is 19.2. The molecule has 1 amide bonds. The van der Waals surface area contributed by atoms with Crippen molar-refractivity contribution in [2.24, 2.45) is 10.9 Å². The van der Waals surface area contributed by atoms with Gasteiger partial charge in [-0.25, -0.2) is 8.78 Å². The molecule has 5 nitrogen and oxygen atoms in total. The number of oxime groups is 1. The van der Waals surface area contributed by atoms with Crippen LogP contribution in [0.15, 0.2) is 23.4 Å². The second-order valence-corrected chi connectivity index (χ2v) is 3.59. The molecular formula is C11H13F2N3O2. The van der Waals surface area contributed by atoms with Crippen LogP contribution in [-0.4, -0.2) is 23.0 Å². The molecule has 1 aromatic carbocycles. The summed E-state index contributed by atoms with van der Waals surface area (Å²) >= 11 is 0. The summed E-state index contributed by atoms with van der Waals surface area (Å²) in [4.78, 5) is 11.7. The highest BCUT2D eigenvalue weighted by Gasteiger charge is 2.17. The molecule has 0 saturated heterocycles. The number of rotatable bonds is 4. The number of nitrogens with two attached hydrogens (primary N) is 1. The number of amidine groups is 1. The van der Waals surface area contributed by atoms with E-state index < -0.39 is 23.6 Å². The van der Waals surface area contributed by atoms with E-state index in [-0.39, 0.29) is 11.4 Å². The molecule has 1 aromatic rings. The van der Waals surface area contributed by atoms with E-state index in [9.17, 15) is 13.6 Å². The topological polar surface area (TPSA) is 87.7 Å². The van der Waals surface area contributed by atoms with Crippen molar-refractivity contribution >= 4 is 11.7 Å². The van der Waals surface area contributed by atoms with Crippen LogP contribution in [0.25, 0.3) is 0 Å². The van der Waals surface area contributed by atoms with Crippen molar-refractivity contribution in [2.45, 2.75) is 19.4 Å². The van der Waals surface area contributed by atoms with E-state index in [0.29, 0.717) is 6.42 Å². The maximum Gasteiger partial charge on any atom is 0.251 e. The molecule has 0 aliphatic rings. The quantitative estimate of drug-likeness (QED) is 0.328. The predicted octanol–water partition coefficient (Wildman–Crippen LogP) is 1.22. The Morgan fingerprint density at radius 3 is 2.67 bits per heavy atom. The van der Waals surface area contributed by atoms with Gasteiger partial charge in [0.15, 0.2) is 17.5 Å². The lowest BCUT2D eigenvalue weighted by molar-refractivity contribution is 0.0945. The minimum absolute atomic E-state index is 0.0434.